The fraction of sp³-hybridized carbons (Fsp3) is 0.533. The highest BCUT2D eigenvalue weighted by Gasteiger charge is 2.34. The highest BCUT2D eigenvalue weighted by atomic mass is 35.5. The Morgan fingerprint density at radius 2 is 2.10 bits per heavy atom. The molecule has 0 bridgehead atoms. The van der Waals surface area contributed by atoms with Crippen LogP contribution in [-0.2, 0) is 10.3 Å². The topological polar surface area (TPSA) is 27.1 Å². The van der Waals surface area contributed by atoms with Crippen LogP contribution in [0.3, 0.4) is 0 Å². The van der Waals surface area contributed by atoms with Crippen molar-refractivity contribution >= 4 is 22.6 Å². The number of hydrogen-bond acceptors (Lipinski definition) is 2. The highest BCUT2D eigenvalue weighted by Crippen LogP contribution is 2.37. The molecule has 1 aliphatic heterocycles. The molecule has 2 aromatic rings. The van der Waals surface area contributed by atoms with Crippen molar-refractivity contribution in [3.63, 3.8) is 0 Å². The zero-order valence-corrected chi connectivity index (χ0v) is 12.5. The molecule has 2 heterocycles. The summed E-state index contributed by atoms with van der Waals surface area (Å²) in [5.41, 5.74) is 1.10. The van der Waals surface area contributed by atoms with E-state index in [0.717, 1.165) is 24.2 Å². The Labute approximate surface area is 122 Å². The van der Waals surface area contributed by atoms with Crippen LogP contribution in [0.25, 0.3) is 11.0 Å². The van der Waals surface area contributed by atoms with Crippen molar-refractivity contribution in [1.82, 2.24) is 9.55 Å². The normalized spacial score (nSPS) is 20.2. The van der Waals surface area contributed by atoms with Crippen LogP contribution < -0.4 is 0 Å². The number of rotatable bonds is 2. The summed E-state index contributed by atoms with van der Waals surface area (Å²) in [4.78, 5) is 4.45. The van der Waals surface area contributed by atoms with Crippen molar-refractivity contribution in [2.75, 3.05) is 13.2 Å². The van der Waals surface area contributed by atoms with Crippen molar-refractivity contribution in [2.24, 2.45) is 0 Å². The summed E-state index contributed by atoms with van der Waals surface area (Å²) >= 11 is 6.28. The van der Waals surface area contributed by atoms with E-state index in [1.165, 1.54) is 6.07 Å². The van der Waals surface area contributed by atoms with Gasteiger partial charge in [0.2, 0.25) is 0 Å². The predicted octanol–water partition coefficient (Wildman–Crippen LogP) is 4.00. The molecule has 1 fully saturated rings. The van der Waals surface area contributed by atoms with Gasteiger partial charge in [0.1, 0.15) is 11.3 Å². The lowest BCUT2D eigenvalue weighted by atomic mass is 9.91. The lowest BCUT2D eigenvalue weighted by molar-refractivity contribution is 0.0300. The fourth-order valence-corrected chi connectivity index (χ4v) is 3.10. The Kier molecular flexibility index (Phi) is 3.46. The smallest absolute Gasteiger partial charge is 0.151 e. The van der Waals surface area contributed by atoms with Crippen LogP contribution in [0.5, 0.6) is 0 Å². The molecule has 0 amide bonds. The van der Waals surface area contributed by atoms with Gasteiger partial charge in [0.25, 0.3) is 0 Å². The molecule has 0 saturated carbocycles. The summed E-state index contributed by atoms with van der Waals surface area (Å²) in [7, 11) is 0. The Morgan fingerprint density at radius 1 is 1.40 bits per heavy atom. The molecule has 3 nitrogen and oxygen atoms in total. The van der Waals surface area contributed by atoms with Gasteiger partial charge in [-0.2, -0.15) is 0 Å². The van der Waals surface area contributed by atoms with Crippen LogP contribution >= 0.6 is 11.6 Å². The minimum Gasteiger partial charge on any atom is -0.381 e. The third kappa shape index (κ3) is 2.11. The van der Waals surface area contributed by atoms with Crippen LogP contribution in [0, 0.1) is 5.82 Å². The van der Waals surface area contributed by atoms with E-state index in [-0.39, 0.29) is 16.7 Å². The van der Waals surface area contributed by atoms with Crippen molar-refractivity contribution < 1.29 is 9.13 Å². The van der Waals surface area contributed by atoms with Gasteiger partial charge < -0.3 is 9.30 Å². The van der Waals surface area contributed by atoms with E-state index in [9.17, 15) is 4.39 Å². The minimum atomic E-state index is -0.296. The molecule has 1 aliphatic rings. The van der Waals surface area contributed by atoms with Gasteiger partial charge in [-0.15, -0.1) is 11.6 Å². The number of halogens is 2. The van der Waals surface area contributed by atoms with Gasteiger partial charge in [-0.1, -0.05) is 6.07 Å². The largest absolute Gasteiger partial charge is 0.381 e. The number of para-hydroxylation sites is 1. The average Bonchev–Trinajstić information content (AvgIpc) is 2.81. The van der Waals surface area contributed by atoms with Crippen molar-refractivity contribution in [3.05, 3.63) is 29.8 Å². The maximum Gasteiger partial charge on any atom is 0.151 e. The fourth-order valence-electron chi connectivity index (χ4n) is 2.95. The number of alkyl halides is 1. The average molecular weight is 297 g/mol. The number of benzene rings is 1. The Bertz CT molecular complexity index is 632. The first-order chi connectivity index (χ1) is 9.53. The monoisotopic (exact) mass is 296 g/mol. The van der Waals surface area contributed by atoms with E-state index in [0.29, 0.717) is 18.7 Å². The van der Waals surface area contributed by atoms with E-state index < -0.39 is 0 Å². The number of fused-ring (bicyclic) bond motifs is 1. The Morgan fingerprint density at radius 3 is 2.75 bits per heavy atom. The van der Waals surface area contributed by atoms with Gasteiger partial charge in [-0.05, 0) is 38.8 Å². The third-order valence-corrected chi connectivity index (χ3v) is 4.32. The summed E-state index contributed by atoms with van der Waals surface area (Å²) in [6, 6.07) is 5.07. The Hall–Kier alpha value is -1.13. The van der Waals surface area contributed by atoms with Gasteiger partial charge in [0, 0.05) is 18.8 Å². The van der Waals surface area contributed by atoms with Gasteiger partial charge in [0.15, 0.2) is 5.82 Å². The number of ether oxygens (including phenoxy) is 1. The molecule has 20 heavy (non-hydrogen) atoms. The van der Waals surface area contributed by atoms with E-state index in [1.54, 1.807) is 6.07 Å². The zero-order chi connectivity index (χ0) is 14.3. The molecule has 3 rings (SSSR count). The van der Waals surface area contributed by atoms with Crippen LogP contribution in [0.2, 0.25) is 0 Å². The molecule has 5 heteroatoms. The molecular formula is C15H18ClFN2O. The Balaban J connectivity index is 2.26. The van der Waals surface area contributed by atoms with Gasteiger partial charge >= 0.3 is 0 Å². The van der Waals surface area contributed by atoms with Gasteiger partial charge in [-0.25, -0.2) is 9.37 Å². The van der Waals surface area contributed by atoms with Gasteiger partial charge in [-0.3, -0.25) is 0 Å². The first-order valence-corrected chi connectivity index (χ1v) is 7.36. The van der Waals surface area contributed by atoms with E-state index in [4.69, 9.17) is 16.3 Å². The van der Waals surface area contributed by atoms with Crippen molar-refractivity contribution in [3.8, 4) is 0 Å². The first-order valence-electron chi connectivity index (χ1n) is 6.92. The summed E-state index contributed by atoms with van der Waals surface area (Å²) < 4.78 is 21.6. The highest BCUT2D eigenvalue weighted by molar-refractivity contribution is 6.20. The third-order valence-electron chi connectivity index (χ3n) is 4.13. The summed E-state index contributed by atoms with van der Waals surface area (Å²) in [5, 5.41) is -0.263. The number of imidazole rings is 1. The molecule has 1 saturated heterocycles. The van der Waals surface area contributed by atoms with Crippen LogP contribution in [-0.4, -0.2) is 22.8 Å². The lowest BCUT2D eigenvalue weighted by Crippen LogP contribution is -2.37. The van der Waals surface area contributed by atoms with Crippen LogP contribution in [0.15, 0.2) is 18.2 Å². The number of hydrogen-bond donors (Lipinski definition) is 0. The molecule has 1 aromatic carbocycles. The molecule has 1 aromatic heterocycles. The standard InChI is InChI=1S/C15H18ClFN2O/c1-10(16)14-18-13-11(17)4-3-5-12(13)19(14)15(2)6-8-20-9-7-15/h3-5,10H,6-9H2,1-2H3. The molecule has 0 aliphatic carbocycles. The lowest BCUT2D eigenvalue weighted by Gasteiger charge is -2.37. The predicted molar refractivity (Wildman–Crippen MR) is 77.7 cm³/mol. The van der Waals surface area contributed by atoms with Crippen molar-refractivity contribution in [1.29, 1.82) is 0 Å². The molecule has 0 N–H and O–H groups in total. The van der Waals surface area contributed by atoms with Gasteiger partial charge in [0.05, 0.1) is 10.9 Å². The summed E-state index contributed by atoms with van der Waals surface area (Å²) in [5.74, 6) is 0.437. The maximum absolute atomic E-state index is 14.0. The van der Waals surface area contributed by atoms with E-state index in [1.807, 2.05) is 13.0 Å². The zero-order valence-electron chi connectivity index (χ0n) is 11.7. The van der Waals surface area contributed by atoms with E-state index in [2.05, 4.69) is 16.5 Å². The minimum absolute atomic E-state index is 0.126. The molecule has 0 radical (unpaired) electrons. The summed E-state index contributed by atoms with van der Waals surface area (Å²) in [6.07, 6.45) is 1.76. The first kappa shape index (κ1) is 13.8. The SMILES string of the molecule is CC(Cl)c1nc2c(F)cccc2n1C1(C)CCOCC1. The number of aromatic nitrogens is 2. The quantitative estimate of drug-likeness (QED) is 0.783. The van der Waals surface area contributed by atoms with Crippen LogP contribution in [0.4, 0.5) is 4.39 Å². The molecular weight excluding hydrogens is 279 g/mol. The molecule has 1 atom stereocenters. The van der Waals surface area contributed by atoms with Crippen LogP contribution in [0.1, 0.15) is 37.9 Å². The molecule has 0 spiro atoms. The van der Waals surface area contributed by atoms with Crippen molar-refractivity contribution in [2.45, 2.75) is 37.6 Å². The number of nitrogens with zero attached hydrogens (tertiary/aromatic N) is 2. The second-order valence-electron chi connectivity index (χ2n) is 5.64. The maximum atomic E-state index is 14.0. The molecule has 1 unspecified atom stereocenters. The second kappa shape index (κ2) is 5.01. The second-order valence-corrected chi connectivity index (χ2v) is 6.29. The molecule has 108 valence electrons. The summed E-state index contributed by atoms with van der Waals surface area (Å²) in [6.45, 7) is 5.47. The van der Waals surface area contributed by atoms with E-state index >= 15 is 0 Å².